The smallest absolute Gasteiger partial charge is 0.141 e. The number of halogens is 2. The predicted octanol–water partition coefficient (Wildman–Crippen LogP) is 3.93. The summed E-state index contributed by atoms with van der Waals surface area (Å²) in [6, 6.07) is 4.83. The number of hydrogen-bond donors (Lipinski definition) is 2. The van der Waals surface area contributed by atoms with Crippen molar-refractivity contribution in [3.05, 3.63) is 34.6 Å². The molecule has 2 N–H and O–H groups in total. The molecule has 0 aliphatic carbocycles. The second-order valence-electron chi connectivity index (χ2n) is 5.14. The summed E-state index contributed by atoms with van der Waals surface area (Å²) in [6.07, 6.45) is 1.84. The van der Waals surface area contributed by atoms with Crippen LogP contribution in [0.15, 0.2) is 18.2 Å². The summed E-state index contributed by atoms with van der Waals surface area (Å²) in [5, 5.41) is 13.1. The molecule has 4 heteroatoms. The fraction of sp³-hybridized carbons (Fsp3) is 0.600. The highest BCUT2D eigenvalue weighted by Gasteiger charge is 2.25. The van der Waals surface area contributed by atoms with E-state index >= 15 is 0 Å². The molecule has 0 aliphatic heterocycles. The zero-order valence-electron chi connectivity index (χ0n) is 11.8. The van der Waals surface area contributed by atoms with E-state index in [4.69, 9.17) is 11.6 Å². The first-order chi connectivity index (χ1) is 8.98. The maximum absolute atomic E-state index is 13.1. The molecule has 0 aliphatic rings. The first kappa shape index (κ1) is 16.4. The number of hydrogen-bond acceptors (Lipinski definition) is 2. The predicted molar refractivity (Wildman–Crippen MR) is 77.9 cm³/mol. The van der Waals surface area contributed by atoms with Gasteiger partial charge in [-0.1, -0.05) is 31.5 Å². The van der Waals surface area contributed by atoms with Crippen molar-refractivity contribution in [1.29, 1.82) is 0 Å². The summed E-state index contributed by atoms with van der Waals surface area (Å²) in [5.74, 6) is -0.399. The molecule has 1 rings (SSSR count). The Morgan fingerprint density at radius 3 is 2.47 bits per heavy atom. The van der Waals surface area contributed by atoms with E-state index < -0.39 is 5.82 Å². The molecule has 1 unspecified atom stereocenters. The van der Waals surface area contributed by atoms with Gasteiger partial charge in [0, 0.05) is 24.6 Å². The Labute approximate surface area is 120 Å². The van der Waals surface area contributed by atoms with Crippen LogP contribution in [-0.2, 0) is 0 Å². The van der Waals surface area contributed by atoms with E-state index in [1.807, 2.05) is 6.92 Å². The van der Waals surface area contributed by atoms with Gasteiger partial charge in [0.05, 0.1) is 5.02 Å². The van der Waals surface area contributed by atoms with Crippen molar-refractivity contribution < 1.29 is 9.50 Å². The van der Waals surface area contributed by atoms with Gasteiger partial charge in [-0.05, 0) is 37.5 Å². The first-order valence-electron chi connectivity index (χ1n) is 6.77. The molecule has 19 heavy (non-hydrogen) atoms. The van der Waals surface area contributed by atoms with Gasteiger partial charge in [-0.25, -0.2) is 4.39 Å². The van der Waals surface area contributed by atoms with Gasteiger partial charge in [0.25, 0.3) is 0 Å². The van der Waals surface area contributed by atoms with E-state index in [1.54, 1.807) is 12.1 Å². The quantitative estimate of drug-likeness (QED) is 0.796. The Hall–Kier alpha value is -0.640. The maximum Gasteiger partial charge on any atom is 0.141 e. The summed E-state index contributed by atoms with van der Waals surface area (Å²) in [6.45, 7) is 7.08. The molecule has 0 fully saturated rings. The van der Waals surface area contributed by atoms with E-state index in [2.05, 4.69) is 19.2 Å². The SMILES string of the molecule is CCC(CC)(CO)CNC(C)c1ccc(F)c(Cl)c1. The van der Waals surface area contributed by atoms with E-state index in [1.165, 1.54) is 6.07 Å². The van der Waals surface area contributed by atoms with E-state index in [-0.39, 0.29) is 23.1 Å². The van der Waals surface area contributed by atoms with Crippen LogP contribution in [0.3, 0.4) is 0 Å². The second kappa shape index (κ2) is 7.22. The summed E-state index contributed by atoms with van der Waals surface area (Å²) in [7, 11) is 0. The van der Waals surface area contributed by atoms with Crippen molar-refractivity contribution >= 4 is 11.6 Å². The van der Waals surface area contributed by atoms with Crippen LogP contribution < -0.4 is 5.32 Å². The Balaban J connectivity index is 2.69. The van der Waals surface area contributed by atoms with Crippen molar-refractivity contribution in [1.82, 2.24) is 5.32 Å². The second-order valence-corrected chi connectivity index (χ2v) is 5.55. The third-order valence-corrected chi connectivity index (χ3v) is 4.35. The lowest BCUT2D eigenvalue weighted by Crippen LogP contribution is -2.37. The molecule has 0 saturated heterocycles. The molecule has 1 aromatic carbocycles. The van der Waals surface area contributed by atoms with Crippen LogP contribution in [-0.4, -0.2) is 18.3 Å². The Kier molecular flexibility index (Phi) is 6.24. The van der Waals surface area contributed by atoms with E-state index in [0.29, 0.717) is 0 Å². The minimum absolute atomic E-state index is 0.0714. The zero-order valence-corrected chi connectivity index (χ0v) is 12.6. The molecule has 108 valence electrons. The zero-order chi connectivity index (χ0) is 14.5. The van der Waals surface area contributed by atoms with Gasteiger partial charge >= 0.3 is 0 Å². The molecule has 2 nitrogen and oxygen atoms in total. The van der Waals surface area contributed by atoms with Gasteiger partial charge in [0.15, 0.2) is 0 Å². The van der Waals surface area contributed by atoms with Crippen molar-refractivity contribution in [3.63, 3.8) is 0 Å². The first-order valence-corrected chi connectivity index (χ1v) is 7.15. The third-order valence-electron chi connectivity index (χ3n) is 4.06. The molecule has 0 radical (unpaired) electrons. The largest absolute Gasteiger partial charge is 0.396 e. The average Bonchev–Trinajstić information content (AvgIpc) is 2.43. The van der Waals surface area contributed by atoms with E-state index in [9.17, 15) is 9.50 Å². The fourth-order valence-corrected chi connectivity index (χ4v) is 2.24. The lowest BCUT2D eigenvalue weighted by molar-refractivity contribution is 0.110. The fourth-order valence-electron chi connectivity index (χ4n) is 2.05. The van der Waals surface area contributed by atoms with Crippen LogP contribution in [0.4, 0.5) is 4.39 Å². The molecule has 0 amide bonds. The average molecular weight is 288 g/mol. The highest BCUT2D eigenvalue weighted by Crippen LogP contribution is 2.26. The Morgan fingerprint density at radius 1 is 1.37 bits per heavy atom. The molecule has 1 atom stereocenters. The van der Waals surface area contributed by atoms with Crippen LogP contribution in [0.25, 0.3) is 0 Å². The molecular formula is C15H23ClFNO. The standard InChI is InChI=1S/C15H23ClFNO/c1-4-15(5-2,10-19)9-18-11(3)12-6-7-14(17)13(16)8-12/h6-8,11,18-19H,4-5,9-10H2,1-3H3. The summed E-state index contributed by atoms with van der Waals surface area (Å²) in [4.78, 5) is 0. The van der Waals surface area contributed by atoms with E-state index in [0.717, 1.165) is 24.9 Å². The highest BCUT2D eigenvalue weighted by atomic mass is 35.5. The number of aliphatic hydroxyl groups is 1. The lowest BCUT2D eigenvalue weighted by Gasteiger charge is -2.31. The normalized spacial score (nSPS) is 13.6. The van der Waals surface area contributed by atoms with Crippen molar-refractivity contribution in [2.75, 3.05) is 13.2 Å². The summed E-state index contributed by atoms with van der Waals surface area (Å²) >= 11 is 5.79. The highest BCUT2D eigenvalue weighted by molar-refractivity contribution is 6.30. The summed E-state index contributed by atoms with van der Waals surface area (Å²) < 4.78 is 13.1. The van der Waals surface area contributed by atoms with Crippen LogP contribution in [0, 0.1) is 11.2 Å². The third kappa shape index (κ3) is 4.16. The van der Waals surface area contributed by atoms with Crippen molar-refractivity contribution in [2.24, 2.45) is 5.41 Å². The monoisotopic (exact) mass is 287 g/mol. The molecule has 0 bridgehead atoms. The number of benzene rings is 1. The Bertz CT molecular complexity index is 399. The number of aliphatic hydroxyl groups excluding tert-OH is 1. The van der Waals surface area contributed by atoms with Gasteiger partial charge in [0.2, 0.25) is 0 Å². The van der Waals surface area contributed by atoms with Crippen LogP contribution in [0.1, 0.15) is 45.2 Å². The number of nitrogens with one attached hydrogen (secondary N) is 1. The molecule has 0 saturated carbocycles. The van der Waals surface area contributed by atoms with Gasteiger partial charge in [0.1, 0.15) is 5.82 Å². The van der Waals surface area contributed by atoms with Gasteiger partial charge < -0.3 is 10.4 Å². The summed E-state index contributed by atoms with van der Waals surface area (Å²) in [5.41, 5.74) is 0.864. The molecular weight excluding hydrogens is 265 g/mol. The minimum Gasteiger partial charge on any atom is -0.396 e. The van der Waals surface area contributed by atoms with Gasteiger partial charge in [-0.2, -0.15) is 0 Å². The minimum atomic E-state index is -0.399. The van der Waals surface area contributed by atoms with Crippen LogP contribution >= 0.6 is 11.6 Å². The number of rotatable bonds is 7. The molecule has 0 spiro atoms. The lowest BCUT2D eigenvalue weighted by atomic mass is 9.83. The van der Waals surface area contributed by atoms with Crippen molar-refractivity contribution in [2.45, 2.75) is 39.7 Å². The Morgan fingerprint density at radius 2 is 2.00 bits per heavy atom. The van der Waals surface area contributed by atoms with Gasteiger partial charge in [-0.15, -0.1) is 0 Å². The van der Waals surface area contributed by atoms with Gasteiger partial charge in [-0.3, -0.25) is 0 Å². The molecule has 0 aromatic heterocycles. The van der Waals surface area contributed by atoms with Crippen LogP contribution in [0.5, 0.6) is 0 Å². The maximum atomic E-state index is 13.1. The van der Waals surface area contributed by atoms with Crippen LogP contribution in [0.2, 0.25) is 5.02 Å². The van der Waals surface area contributed by atoms with Crippen molar-refractivity contribution in [3.8, 4) is 0 Å². The molecule has 1 aromatic rings. The topological polar surface area (TPSA) is 32.3 Å². The molecule has 0 heterocycles.